The molecule has 0 spiro atoms. The van der Waals surface area contributed by atoms with Gasteiger partial charge in [0, 0.05) is 44.6 Å². The Bertz CT molecular complexity index is 1090. The molecule has 3 aromatic rings. The molecule has 0 radical (unpaired) electrons. The van der Waals surface area contributed by atoms with Crippen LogP contribution in [0.5, 0.6) is 0 Å². The zero-order valence-electron chi connectivity index (χ0n) is 17.7. The zero-order chi connectivity index (χ0) is 22.0. The van der Waals surface area contributed by atoms with Crippen LogP contribution in [-0.4, -0.2) is 47.4 Å². The molecule has 0 aromatic carbocycles. The number of aromatic nitrogens is 3. The number of hydrogen-bond acceptors (Lipinski definition) is 7. The van der Waals surface area contributed by atoms with Gasteiger partial charge in [0.1, 0.15) is 4.83 Å². The van der Waals surface area contributed by atoms with Gasteiger partial charge in [-0.15, -0.1) is 11.3 Å². The first-order valence-electron chi connectivity index (χ1n) is 10.4. The van der Waals surface area contributed by atoms with Gasteiger partial charge in [-0.05, 0) is 49.1 Å². The Labute approximate surface area is 184 Å². The van der Waals surface area contributed by atoms with Crippen LogP contribution < -0.4 is 16.0 Å². The molecule has 2 amide bonds. The van der Waals surface area contributed by atoms with Gasteiger partial charge in [-0.1, -0.05) is 6.07 Å². The summed E-state index contributed by atoms with van der Waals surface area (Å²) in [7, 11) is 3.71. The maximum absolute atomic E-state index is 12.4. The standard InChI is InChI=1S/C22H26N6O2S/c1-28(2)22-26-11-15(12-27-22)20(30)25-10-13-5-7-14(8-6-13)17-16-4-3-9-24-21(16)31-18(17)19(23)29/h3-4,9,11-14H,5-8,10H2,1-2H3,(H2,23,29)(H,25,30). The topological polar surface area (TPSA) is 114 Å². The highest BCUT2D eigenvalue weighted by Gasteiger charge is 2.29. The number of amides is 2. The number of rotatable bonds is 6. The van der Waals surface area contributed by atoms with Crippen LogP contribution in [0.3, 0.4) is 0 Å². The van der Waals surface area contributed by atoms with Gasteiger partial charge in [0.05, 0.1) is 10.4 Å². The molecule has 1 aliphatic carbocycles. The number of carbonyl (C=O) groups is 2. The predicted molar refractivity (Wildman–Crippen MR) is 122 cm³/mol. The van der Waals surface area contributed by atoms with Gasteiger partial charge in [-0.25, -0.2) is 15.0 Å². The van der Waals surface area contributed by atoms with E-state index < -0.39 is 0 Å². The molecular formula is C22H26N6O2S. The molecule has 0 atom stereocenters. The van der Waals surface area contributed by atoms with Gasteiger partial charge in [0.2, 0.25) is 5.95 Å². The van der Waals surface area contributed by atoms with E-state index in [1.165, 1.54) is 11.3 Å². The number of nitrogens with one attached hydrogen (secondary N) is 1. The number of pyridine rings is 1. The predicted octanol–water partition coefficient (Wildman–Crippen LogP) is 2.96. The molecule has 8 nitrogen and oxygen atoms in total. The summed E-state index contributed by atoms with van der Waals surface area (Å²) >= 11 is 1.38. The van der Waals surface area contributed by atoms with Crippen LogP contribution in [0.2, 0.25) is 0 Å². The number of thiophene rings is 1. The third kappa shape index (κ3) is 4.51. The Balaban J connectivity index is 1.36. The van der Waals surface area contributed by atoms with Gasteiger partial charge in [-0.2, -0.15) is 0 Å². The molecule has 3 heterocycles. The Morgan fingerprint density at radius 2 is 1.87 bits per heavy atom. The van der Waals surface area contributed by atoms with Crippen LogP contribution >= 0.6 is 11.3 Å². The van der Waals surface area contributed by atoms with E-state index in [9.17, 15) is 9.59 Å². The lowest BCUT2D eigenvalue weighted by molar-refractivity contribution is 0.0940. The van der Waals surface area contributed by atoms with Gasteiger partial charge < -0.3 is 16.0 Å². The number of primary amides is 1. The summed E-state index contributed by atoms with van der Waals surface area (Å²) in [4.78, 5) is 40.5. The first kappa shape index (κ1) is 21.2. The Kier molecular flexibility index (Phi) is 6.13. The molecule has 9 heteroatoms. The van der Waals surface area contributed by atoms with Crippen LogP contribution in [-0.2, 0) is 0 Å². The molecule has 0 aliphatic heterocycles. The second-order valence-electron chi connectivity index (χ2n) is 8.16. The van der Waals surface area contributed by atoms with Crippen molar-refractivity contribution < 1.29 is 9.59 Å². The average Bonchev–Trinajstić information content (AvgIpc) is 3.18. The second-order valence-corrected chi connectivity index (χ2v) is 9.16. The molecular weight excluding hydrogens is 412 g/mol. The van der Waals surface area contributed by atoms with E-state index in [0.29, 0.717) is 34.8 Å². The monoisotopic (exact) mass is 438 g/mol. The van der Waals surface area contributed by atoms with E-state index in [2.05, 4.69) is 20.3 Å². The summed E-state index contributed by atoms with van der Waals surface area (Å²) in [5.74, 6) is 0.733. The van der Waals surface area contributed by atoms with Crippen molar-refractivity contribution in [2.75, 3.05) is 25.5 Å². The highest BCUT2D eigenvalue weighted by molar-refractivity contribution is 7.20. The lowest BCUT2D eigenvalue weighted by atomic mass is 9.78. The number of hydrogen-bond donors (Lipinski definition) is 2. The van der Waals surface area contributed by atoms with Crippen LogP contribution in [0.25, 0.3) is 10.2 Å². The third-order valence-electron chi connectivity index (χ3n) is 5.84. The lowest BCUT2D eigenvalue weighted by Gasteiger charge is -2.29. The van der Waals surface area contributed by atoms with Crippen molar-refractivity contribution in [2.24, 2.45) is 11.7 Å². The fourth-order valence-corrected chi connectivity index (χ4v) is 5.29. The quantitative estimate of drug-likeness (QED) is 0.612. The summed E-state index contributed by atoms with van der Waals surface area (Å²) in [6.45, 7) is 0.621. The van der Waals surface area contributed by atoms with Gasteiger partial charge in [-0.3, -0.25) is 9.59 Å². The number of fused-ring (bicyclic) bond motifs is 1. The normalized spacial score (nSPS) is 18.6. The molecule has 0 bridgehead atoms. The Morgan fingerprint density at radius 3 is 2.52 bits per heavy atom. The highest BCUT2D eigenvalue weighted by atomic mass is 32.1. The summed E-state index contributed by atoms with van der Waals surface area (Å²) in [6.07, 6.45) is 8.73. The number of carbonyl (C=O) groups excluding carboxylic acids is 2. The first-order chi connectivity index (χ1) is 14.9. The smallest absolute Gasteiger partial charge is 0.259 e. The minimum atomic E-state index is -0.380. The SMILES string of the molecule is CN(C)c1ncc(C(=O)NCC2CCC(c3c(C(N)=O)sc4ncccc34)CC2)cn1. The molecule has 0 unspecified atom stereocenters. The van der Waals surface area contributed by atoms with Crippen molar-refractivity contribution in [3.8, 4) is 0 Å². The van der Waals surface area contributed by atoms with Gasteiger partial charge >= 0.3 is 0 Å². The van der Waals surface area contributed by atoms with E-state index in [1.54, 1.807) is 23.5 Å². The van der Waals surface area contributed by atoms with Crippen LogP contribution in [0.1, 0.15) is 57.2 Å². The molecule has 1 fully saturated rings. The first-order valence-corrected chi connectivity index (χ1v) is 11.2. The molecule has 4 rings (SSSR count). The largest absolute Gasteiger partial charge is 0.365 e. The van der Waals surface area contributed by atoms with E-state index in [0.717, 1.165) is 41.5 Å². The molecule has 1 aliphatic rings. The number of nitrogens with two attached hydrogens (primary N) is 1. The van der Waals surface area contributed by atoms with Crippen molar-refractivity contribution in [3.05, 3.63) is 46.7 Å². The molecule has 1 saturated carbocycles. The van der Waals surface area contributed by atoms with E-state index in [1.807, 2.05) is 26.2 Å². The van der Waals surface area contributed by atoms with Crippen molar-refractivity contribution in [1.82, 2.24) is 20.3 Å². The molecule has 3 aromatic heterocycles. The lowest BCUT2D eigenvalue weighted by Crippen LogP contribution is -2.31. The third-order valence-corrected chi connectivity index (χ3v) is 6.98. The van der Waals surface area contributed by atoms with Crippen molar-refractivity contribution in [2.45, 2.75) is 31.6 Å². The number of nitrogens with zero attached hydrogens (tertiary/aromatic N) is 4. The van der Waals surface area contributed by atoms with Gasteiger partial charge in [0.15, 0.2) is 0 Å². The van der Waals surface area contributed by atoms with Gasteiger partial charge in [0.25, 0.3) is 11.8 Å². The average molecular weight is 439 g/mol. The number of anilines is 1. The fraction of sp³-hybridized carbons (Fsp3) is 0.409. The minimum absolute atomic E-state index is 0.154. The fourth-order valence-electron chi connectivity index (χ4n) is 4.20. The molecule has 31 heavy (non-hydrogen) atoms. The summed E-state index contributed by atoms with van der Waals surface area (Å²) in [5, 5.41) is 4.05. The summed E-state index contributed by atoms with van der Waals surface area (Å²) in [5.41, 5.74) is 7.18. The summed E-state index contributed by atoms with van der Waals surface area (Å²) in [6, 6.07) is 3.93. The maximum Gasteiger partial charge on any atom is 0.259 e. The van der Waals surface area contributed by atoms with Crippen LogP contribution in [0.15, 0.2) is 30.7 Å². The summed E-state index contributed by atoms with van der Waals surface area (Å²) < 4.78 is 0. The Hall–Kier alpha value is -3.07. The highest BCUT2D eigenvalue weighted by Crippen LogP contribution is 2.42. The molecule has 162 valence electrons. The zero-order valence-corrected chi connectivity index (χ0v) is 18.5. The van der Waals surface area contributed by atoms with Crippen LogP contribution in [0.4, 0.5) is 5.95 Å². The second kappa shape index (κ2) is 8.97. The van der Waals surface area contributed by atoms with E-state index >= 15 is 0 Å². The van der Waals surface area contributed by atoms with Crippen molar-refractivity contribution in [3.63, 3.8) is 0 Å². The Morgan fingerprint density at radius 1 is 1.16 bits per heavy atom. The maximum atomic E-state index is 12.4. The molecule has 0 saturated heterocycles. The minimum Gasteiger partial charge on any atom is -0.365 e. The van der Waals surface area contributed by atoms with E-state index in [-0.39, 0.29) is 11.8 Å². The van der Waals surface area contributed by atoms with Crippen molar-refractivity contribution >= 4 is 39.3 Å². The van der Waals surface area contributed by atoms with E-state index in [4.69, 9.17) is 5.73 Å². The molecule has 3 N–H and O–H groups in total. The van der Waals surface area contributed by atoms with Crippen molar-refractivity contribution in [1.29, 1.82) is 0 Å². The van der Waals surface area contributed by atoms with Crippen LogP contribution in [0, 0.1) is 5.92 Å².